The quantitative estimate of drug-likeness (QED) is 0.651. The van der Waals surface area contributed by atoms with Crippen LogP contribution in [0.15, 0.2) is 12.1 Å². The topological polar surface area (TPSA) is 0 Å². The average molecular weight is 223 g/mol. The molecule has 0 bridgehead atoms. The minimum atomic E-state index is 0.220. The van der Waals surface area contributed by atoms with Gasteiger partial charge in [0, 0.05) is 0 Å². The van der Waals surface area contributed by atoms with Crippen LogP contribution in [0, 0.1) is 26.7 Å². The second kappa shape index (κ2) is 4.17. The maximum atomic E-state index is 6.50. The molecule has 1 heteroatoms. The van der Waals surface area contributed by atoms with Gasteiger partial charge in [0.1, 0.15) is 0 Å². The van der Waals surface area contributed by atoms with Crippen LogP contribution < -0.4 is 0 Å². The van der Waals surface area contributed by atoms with Crippen molar-refractivity contribution in [2.24, 2.45) is 5.92 Å². The molecule has 0 nitrogen and oxygen atoms in total. The van der Waals surface area contributed by atoms with E-state index < -0.39 is 0 Å². The lowest BCUT2D eigenvalue weighted by Crippen LogP contribution is -1.99. The van der Waals surface area contributed by atoms with Crippen molar-refractivity contribution in [2.45, 2.75) is 45.4 Å². The monoisotopic (exact) mass is 222 g/mol. The first-order chi connectivity index (χ1) is 7.08. The van der Waals surface area contributed by atoms with Crippen LogP contribution in [0.1, 0.15) is 46.9 Å². The molecule has 0 N–H and O–H groups in total. The van der Waals surface area contributed by atoms with Crippen molar-refractivity contribution in [3.63, 3.8) is 0 Å². The molecule has 15 heavy (non-hydrogen) atoms. The van der Waals surface area contributed by atoms with E-state index in [1.54, 1.807) is 0 Å². The zero-order valence-corrected chi connectivity index (χ0v) is 10.6. The molecule has 1 aliphatic rings. The number of alkyl halides is 1. The first-order valence-corrected chi connectivity index (χ1v) is 6.23. The number of hydrogen-bond acceptors (Lipinski definition) is 0. The van der Waals surface area contributed by atoms with E-state index in [0.717, 1.165) is 12.3 Å². The van der Waals surface area contributed by atoms with Crippen molar-refractivity contribution in [2.75, 3.05) is 0 Å². The second-order valence-electron chi connectivity index (χ2n) is 4.96. The van der Waals surface area contributed by atoms with Gasteiger partial charge in [0.2, 0.25) is 0 Å². The van der Waals surface area contributed by atoms with Gasteiger partial charge in [-0.2, -0.15) is 0 Å². The summed E-state index contributed by atoms with van der Waals surface area (Å²) in [5.74, 6) is 0.896. The Morgan fingerprint density at radius 3 is 2.20 bits per heavy atom. The van der Waals surface area contributed by atoms with Crippen molar-refractivity contribution in [1.29, 1.82) is 0 Å². The molecule has 0 amide bonds. The molecule has 0 radical (unpaired) electrons. The molecule has 0 saturated heterocycles. The molecule has 0 heterocycles. The fourth-order valence-electron chi connectivity index (χ4n) is 2.45. The molecule has 0 aromatic heterocycles. The minimum absolute atomic E-state index is 0.220. The van der Waals surface area contributed by atoms with Gasteiger partial charge in [0.05, 0.1) is 5.38 Å². The van der Waals surface area contributed by atoms with Crippen molar-refractivity contribution in [3.05, 3.63) is 34.4 Å². The zero-order chi connectivity index (χ0) is 11.0. The van der Waals surface area contributed by atoms with E-state index in [-0.39, 0.29) is 5.38 Å². The number of halogens is 1. The Labute approximate surface area is 97.6 Å². The molecule has 82 valence electrons. The predicted octanol–water partition coefficient (Wildman–Crippen LogP) is 4.69. The molecule has 1 aromatic carbocycles. The van der Waals surface area contributed by atoms with Gasteiger partial charge in [-0.3, -0.25) is 0 Å². The molecule has 1 atom stereocenters. The maximum Gasteiger partial charge on any atom is 0.0593 e. The lowest BCUT2D eigenvalue weighted by Gasteiger charge is -2.16. The summed E-state index contributed by atoms with van der Waals surface area (Å²) in [4.78, 5) is 0. The van der Waals surface area contributed by atoms with Crippen molar-refractivity contribution in [1.82, 2.24) is 0 Å². The van der Waals surface area contributed by atoms with Crippen LogP contribution in [0.5, 0.6) is 0 Å². The first kappa shape index (κ1) is 11.0. The number of hydrogen-bond donors (Lipinski definition) is 0. The van der Waals surface area contributed by atoms with Gasteiger partial charge in [-0.1, -0.05) is 30.5 Å². The van der Waals surface area contributed by atoms with Crippen LogP contribution >= 0.6 is 11.6 Å². The zero-order valence-electron chi connectivity index (χ0n) is 9.81. The Morgan fingerprint density at radius 1 is 1.20 bits per heavy atom. The summed E-state index contributed by atoms with van der Waals surface area (Å²) in [7, 11) is 0. The summed E-state index contributed by atoms with van der Waals surface area (Å²) in [5, 5.41) is 0.220. The fourth-order valence-corrected chi connectivity index (χ4v) is 3.05. The first-order valence-electron chi connectivity index (χ1n) is 5.79. The van der Waals surface area contributed by atoms with E-state index in [1.165, 1.54) is 35.1 Å². The average Bonchev–Trinajstić information content (AvgIpc) is 2.85. The van der Waals surface area contributed by atoms with Gasteiger partial charge in [-0.15, -0.1) is 11.6 Å². The highest BCUT2D eigenvalue weighted by Crippen LogP contribution is 2.42. The third kappa shape index (κ3) is 2.55. The van der Waals surface area contributed by atoms with E-state index in [2.05, 4.69) is 32.9 Å². The molecule has 0 aliphatic heterocycles. The van der Waals surface area contributed by atoms with Crippen molar-refractivity contribution < 1.29 is 0 Å². The Balaban J connectivity index is 2.24. The highest BCUT2D eigenvalue weighted by Gasteiger charge is 2.26. The van der Waals surface area contributed by atoms with Crippen LogP contribution in [0.2, 0.25) is 0 Å². The van der Waals surface area contributed by atoms with E-state index in [0.29, 0.717) is 0 Å². The number of rotatable bonds is 3. The molecule has 1 fully saturated rings. The van der Waals surface area contributed by atoms with Gasteiger partial charge in [0.25, 0.3) is 0 Å². The largest absolute Gasteiger partial charge is 0.118 e. The number of benzene rings is 1. The van der Waals surface area contributed by atoms with Gasteiger partial charge in [-0.05, 0) is 49.8 Å². The van der Waals surface area contributed by atoms with Crippen LogP contribution in [0.4, 0.5) is 0 Å². The van der Waals surface area contributed by atoms with Gasteiger partial charge in [0.15, 0.2) is 0 Å². The van der Waals surface area contributed by atoms with Crippen molar-refractivity contribution in [3.8, 4) is 0 Å². The van der Waals surface area contributed by atoms with E-state index >= 15 is 0 Å². The summed E-state index contributed by atoms with van der Waals surface area (Å²) in [5.41, 5.74) is 5.42. The molecule has 1 aliphatic carbocycles. The second-order valence-corrected chi connectivity index (χ2v) is 5.49. The molecular weight excluding hydrogens is 204 g/mol. The summed E-state index contributed by atoms with van der Waals surface area (Å²) in [6.45, 7) is 6.50. The van der Waals surface area contributed by atoms with E-state index in [4.69, 9.17) is 11.6 Å². The normalized spacial score (nSPS) is 17.9. The smallest absolute Gasteiger partial charge is 0.0593 e. The SMILES string of the molecule is Cc1cc(C)c(C(Cl)CC2CC2)c(C)c1. The highest BCUT2D eigenvalue weighted by atomic mass is 35.5. The molecule has 2 rings (SSSR count). The van der Waals surface area contributed by atoms with Gasteiger partial charge in [-0.25, -0.2) is 0 Å². The Morgan fingerprint density at radius 2 is 1.73 bits per heavy atom. The summed E-state index contributed by atoms with van der Waals surface area (Å²) in [6.07, 6.45) is 3.92. The Kier molecular flexibility index (Phi) is 3.06. The van der Waals surface area contributed by atoms with Gasteiger partial charge >= 0.3 is 0 Å². The molecule has 1 unspecified atom stereocenters. The Hall–Kier alpha value is -0.490. The minimum Gasteiger partial charge on any atom is -0.118 e. The predicted molar refractivity (Wildman–Crippen MR) is 66.6 cm³/mol. The Bertz CT molecular complexity index is 341. The third-order valence-corrected chi connectivity index (χ3v) is 3.68. The molecule has 1 aromatic rings. The lowest BCUT2D eigenvalue weighted by molar-refractivity contribution is 0.701. The summed E-state index contributed by atoms with van der Waals surface area (Å²) in [6, 6.07) is 4.48. The molecular formula is C14H19Cl. The van der Waals surface area contributed by atoms with Crippen LogP contribution in [-0.2, 0) is 0 Å². The van der Waals surface area contributed by atoms with Crippen LogP contribution in [-0.4, -0.2) is 0 Å². The van der Waals surface area contributed by atoms with Crippen molar-refractivity contribution >= 4 is 11.6 Å². The van der Waals surface area contributed by atoms with Crippen LogP contribution in [0.3, 0.4) is 0 Å². The van der Waals surface area contributed by atoms with E-state index in [9.17, 15) is 0 Å². The molecule has 0 spiro atoms. The summed E-state index contributed by atoms with van der Waals surface area (Å²) >= 11 is 6.50. The van der Waals surface area contributed by atoms with E-state index in [1.807, 2.05) is 0 Å². The fraction of sp³-hybridized carbons (Fsp3) is 0.571. The maximum absolute atomic E-state index is 6.50. The lowest BCUT2D eigenvalue weighted by atomic mass is 9.95. The molecule has 1 saturated carbocycles. The highest BCUT2D eigenvalue weighted by molar-refractivity contribution is 6.21. The third-order valence-electron chi connectivity index (χ3n) is 3.29. The van der Waals surface area contributed by atoms with Gasteiger partial charge < -0.3 is 0 Å². The summed E-state index contributed by atoms with van der Waals surface area (Å²) < 4.78 is 0. The number of aryl methyl sites for hydroxylation is 3. The standard InChI is InChI=1S/C14H19Cl/c1-9-6-10(2)14(11(3)7-9)13(15)8-12-4-5-12/h6-7,12-13H,4-5,8H2,1-3H3. The van der Waals surface area contributed by atoms with Crippen LogP contribution in [0.25, 0.3) is 0 Å².